The molecule has 1 fully saturated rings. The predicted octanol–water partition coefficient (Wildman–Crippen LogP) is 4.07. The van der Waals surface area contributed by atoms with Crippen molar-refractivity contribution < 1.29 is 13.9 Å². The minimum absolute atomic E-state index is 0.0322. The van der Waals surface area contributed by atoms with Crippen molar-refractivity contribution >= 4 is 17.7 Å². The highest BCUT2D eigenvalue weighted by atomic mass is 32.2. The molecule has 1 aliphatic rings. The van der Waals surface area contributed by atoms with Crippen LogP contribution in [0.15, 0.2) is 33.9 Å². The van der Waals surface area contributed by atoms with E-state index in [9.17, 15) is 4.79 Å². The summed E-state index contributed by atoms with van der Waals surface area (Å²) in [5, 5.41) is 11.6. The summed E-state index contributed by atoms with van der Waals surface area (Å²) in [6.45, 7) is 0. The topological polar surface area (TPSA) is 77.2 Å². The number of carbonyl (C=O) groups is 1. The molecule has 1 heterocycles. The van der Waals surface area contributed by atoms with Crippen molar-refractivity contribution in [2.75, 3.05) is 12.9 Å². The fourth-order valence-electron chi connectivity index (χ4n) is 3.12. The second-order valence-electron chi connectivity index (χ2n) is 6.50. The van der Waals surface area contributed by atoms with Gasteiger partial charge in [0.25, 0.3) is 5.22 Å². The van der Waals surface area contributed by atoms with Gasteiger partial charge in [-0.3, -0.25) is 4.79 Å². The lowest BCUT2D eigenvalue weighted by Gasteiger charge is -2.20. The molecule has 1 amide bonds. The van der Waals surface area contributed by atoms with Crippen LogP contribution in [0.2, 0.25) is 0 Å². The Hall–Kier alpha value is -2.02. The third-order valence-corrected chi connectivity index (χ3v) is 5.36. The normalized spacial score (nSPS) is 15.9. The predicted molar refractivity (Wildman–Crippen MR) is 101 cm³/mol. The number of methoxy groups -OCH3 is 1. The van der Waals surface area contributed by atoms with Crippen molar-refractivity contribution in [3.63, 3.8) is 0 Å². The van der Waals surface area contributed by atoms with Crippen molar-refractivity contribution in [1.29, 1.82) is 0 Å². The Morgan fingerprint density at radius 1 is 1.15 bits per heavy atom. The lowest BCUT2D eigenvalue weighted by molar-refractivity contribution is -0.119. The first-order chi connectivity index (χ1) is 12.7. The van der Waals surface area contributed by atoms with Crippen LogP contribution >= 0.6 is 11.8 Å². The van der Waals surface area contributed by atoms with Crippen LogP contribution in [-0.4, -0.2) is 35.0 Å². The summed E-state index contributed by atoms with van der Waals surface area (Å²) >= 11 is 1.27. The van der Waals surface area contributed by atoms with Gasteiger partial charge in [0.05, 0.1) is 12.9 Å². The summed E-state index contributed by atoms with van der Waals surface area (Å²) in [6.07, 6.45) is 8.44. The number of nitrogens with one attached hydrogen (secondary N) is 1. The highest BCUT2D eigenvalue weighted by Crippen LogP contribution is 2.25. The van der Waals surface area contributed by atoms with Gasteiger partial charge < -0.3 is 14.5 Å². The number of amides is 1. The number of hydrogen-bond donors (Lipinski definition) is 1. The standard InChI is InChI=1S/C19H25N3O3S/c1-24-16-11-9-14(10-12-16)18-21-22-19(25-18)26-13-17(23)20-15-7-5-3-2-4-6-8-15/h9-12,15H,2-8,13H2,1H3,(H,20,23). The number of nitrogens with zero attached hydrogens (tertiary/aromatic N) is 2. The molecule has 1 aromatic carbocycles. The molecule has 0 saturated heterocycles. The van der Waals surface area contributed by atoms with E-state index in [0.29, 0.717) is 22.9 Å². The molecule has 1 aromatic heterocycles. The molecule has 6 nitrogen and oxygen atoms in total. The summed E-state index contributed by atoms with van der Waals surface area (Å²) in [4.78, 5) is 12.2. The molecule has 1 aliphatic carbocycles. The van der Waals surface area contributed by atoms with Crippen LogP contribution in [0.1, 0.15) is 44.9 Å². The fraction of sp³-hybridized carbons (Fsp3) is 0.526. The van der Waals surface area contributed by atoms with Gasteiger partial charge in [-0.15, -0.1) is 10.2 Å². The van der Waals surface area contributed by atoms with Gasteiger partial charge in [0.1, 0.15) is 5.75 Å². The Kier molecular flexibility index (Phi) is 6.94. The summed E-state index contributed by atoms with van der Waals surface area (Å²) in [5.74, 6) is 1.54. The molecular weight excluding hydrogens is 350 g/mol. The van der Waals surface area contributed by atoms with Crippen LogP contribution < -0.4 is 10.1 Å². The van der Waals surface area contributed by atoms with Crippen LogP contribution in [0.4, 0.5) is 0 Å². The van der Waals surface area contributed by atoms with E-state index < -0.39 is 0 Å². The van der Waals surface area contributed by atoms with E-state index in [2.05, 4.69) is 15.5 Å². The maximum atomic E-state index is 12.2. The van der Waals surface area contributed by atoms with E-state index in [-0.39, 0.29) is 5.91 Å². The van der Waals surface area contributed by atoms with Gasteiger partial charge in [0, 0.05) is 11.6 Å². The van der Waals surface area contributed by atoms with Crippen molar-refractivity contribution in [2.45, 2.75) is 56.2 Å². The van der Waals surface area contributed by atoms with Gasteiger partial charge in [-0.25, -0.2) is 0 Å². The monoisotopic (exact) mass is 375 g/mol. The average Bonchev–Trinajstić information content (AvgIpc) is 3.11. The molecule has 26 heavy (non-hydrogen) atoms. The minimum atomic E-state index is 0.0322. The van der Waals surface area contributed by atoms with Gasteiger partial charge >= 0.3 is 0 Å². The molecular formula is C19H25N3O3S. The van der Waals surface area contributed by atoms with E-state index in [0.717, 1.165) is 24.2 Å². The summed E-state index contributed by atoms with van der Waals surface area (Å²) < 4.78 is 10.8. The maximum absolute atomic E-state index is 12.2. The number of rotatable bonds is 6. The van der Waals surface area contributed by atoms with Crippen molar-refractivity contribution in [2.24, 2.45) is 0 Å². The Labute approximate surface area is 158 Å². The molecule has 1 N–H and O–H groups in total. The van der Waals surface area contributed by atoms with Crippen molar-refractivity contribution in [3.8, 4) is 17.2 Å². The number of carbonyl (C=O) groups excluding carboxylic acids is 1. The van der Waals surface area contributed by atoms with Crippen LogP contribution in [-0.2, 0) is 4.79 Å². The maximum Gasteiger partial charge on any atom is 0.277 e. The third kappa shape index (κ3) is 5.49. The zero-order valence-electron chi connectivity index (χ0n) is 15.1. The van der Waals surface area contributed by atoms with E-state index in [1.807, 2.05) is 24.3 Å². The molecule has 2 aromatic rings. The Morgan fingerprint density at radius 3 is 2.54 bits per heavy atom. The number of thioether (sulfide) groups is 1. The molecule has 1 saturated carbocycles. The first-order valence-corrected chi connectivity index (χ1v) is 10.1. The van der Waals surface area contributed by atoms with E-state index in [1.54, 1.807) is 7.11 Å². The molecule has 0 aliphatic heterocycles. The van der Waals surface area contributed by atoms with Gasteiger partial charge in [-0.1, -0.05) is 43.9 Å². The SMILES string of the molecule is COc1ccc(-c2nnc(SCC(=O)NC3CCCCCCC3)o2)cc1. The molecule has 0 atom stereocenters. The zero-order chi connectivity index (χ0) is 18.2. The Balaban J connectivity index is 1.48. The number of aromatic nitrogens is 2. The zero-order valence-corrected chi connectivity index (χ0v) is 15.9. The molecule has 3 rings (SSSR count). The van der Waals surface area contributed by atoms with E-state index >= 15 is 0 Å². The summed E-state index contributed by atoms with van der Waals surface area (Å²) in [6, 6.07) is 7.72. The molecule has 0 unspecified atom stereocenters. The highest BCUT2D eigenvalue weighted by molar-refractivity contribution is 7.99. The lowest BCUT2D eigenvalue weighted by atomic mass is 9.97. The summed E-state index contributed by atoms with van der Waals surface area (Å²) in [5.41, 5.74) is 0.823. The highest BCUT2D eigenvalue weighted by Gasteiger charge is 2.16. The third-order valence-electron chi connectivity index (χ3n) is 4.54. The second kappa shape index (κ2) is 9.62. The van der Waals surface area contributed by atoms with Gasteiger partial charge in [0.15, 0.2) is 0 Å². The first kappa shape index (κ1) is 18.8. The molecule has 0 bridgehead atoms. The molecule has 0 spiro atoms. The lowest BCUT2D eigenvalue weighted by Crippen LogP contribution is -2.36. The van der Waals surface area contributed by atoms with Gasteiger partial charge in [-0.2, -0.15) is 0 Å². The van der Waals surface area contributed by atoms with E-state index in [4.69, 9.17) is 9.15 Å². The average molecular weight is 375 g/mol. The van der Waals surface area contributed by atoms with Gasteiger partial charge in [0.2, 0.25) is 11.8 Å². The van der Waals surface area contributed by atoms with Crippen LogP contribution in [0.3, 0.4) is 0 Å². The minimum Gasteiger partial charge on any atom is -0.497 e. The number of hydrogen-bond acceptors (Lipinski definition) is 6. The summed E-state index contributed by atoms with van der Waals surface area (Å²) in [7, 11) is 1.62. The molecule has 7 heteroatoms. The van der Waals surface area contributed by atoms with Gasteiger partial charge in [-0.05, 0) is 37.1 Å². The molecule has 140 valence electrons. The second-order valence-corrected chi connectivity index (χ2v) is 7.43. The smallest absolute Gasteiger partial charge is 0.277 e. The quantitative estimate of drug-likeness (QED) is 0.767. The van der Waals surface area contributed by atoms with Crippen LogP contribution in [0, 0.1) is 0 Å². The van der Waals surface area contributed by atoms with E-state index in [1.165, 1.54) is 43.9 Å². The number of benzene rings is 1. The van der Waals surface area contributed by atoms with Crippen molar-refractivity contribution in [1.82, 2.24) is 15.5 Å². The van der Waals surface area contributed by atoms with Crippen LogP contribution in [0.25, 0.3) is 11.5 Å². The largest absolute Gasteiger partial charge is 0.497 e. The van der Waals surface area contributed by atoms with Crippen molar-refractivity contribution in [3.05, 3.63) is 24.3 Å². The fourth-order valence-corrected chi connectivity index (χ4v) is 3.69. The van der Waals surface area contributed by atoms with Crippen LogP contribution in [0.5, 0.6) is 5.75 Å². The first-order valence-electron chi connectivity index (χ1n) is 9.14. The molecule has 0 radical (unpaired) electrons. The Bertz CT molecular complexity index is 694. The number of ether oxygens (including phenoxy) is 1. The Morgan fingerprint density at radius 2 is 1.85 bits per heavy atom.